The number of nitrogen functional groups attached to an aromatic ring is 1. The molecule has 0 saturated carbocycles. The molecule has 108 valence electrons. The third-order valence-corrected chi connectivity index (χ3v) is 3.34. The lowest BCUT2D eigenvalue weighted by molar-refractivity contribution is 0.498. The Morgan fingerprint density at radius 3 is 2.55 bits per heavy atom. The fourth-order valence-corrected chi connectivity index (χ4v) is 1.70. The van der Waals surface area contributed by atoms with Crippen molar-refractivity contribution in [2.45, 2.75) is 26.8 Å². The smallest absolute Gasteiger partial charge is 0.257 e. The normalized spacial score (nSPS) is 12.5. The van der Waals surface area contributed by atoms with Crippen molar-refractivity contribution in [2.75, 3.05) is 17.4 Å². The summed E-state index contributed by atoms with van der Waals surface area (Å²) in [5.74, 6) is 7.19. The summed E-state index contributed by atoms with van der Waals surface area (Å²) < 4.78 is 1.57. The Labute approximate surface area is 118 Å². The quantitative estimate of drug-likeness (QED) is 0.616. The van der Waals surface area contributed by atoms with Crippen LogP contribution in [0, 0.1) is 5.92 Å². The van der Waals surface area contributed by atoms with Crippen molar-refractivity contribution in [1.82, 2.24) is 24.7 Å². The second-order valence-corrected chi connectivity index (χ2v) is 4.95. The topological polar surface area (TPSA) is 97.8 Å². The second kappa shape index (κ2) is 5.83. The van der Waals surface area contributed by atoms with Gasteiger partial charge in [0.05, 0.1) is 0 Å². The van der Waals surface area contributed by atoms with Gasteiger partial charge in [-0.2, -0.15) is 20.1 Å². The molecule has 1 unspecified atom stereocenters. The number of aromatic nitrogens is 5. The predicted octanol–water partition coefficient (Wildman–Crippen LogP) is 0.824. The van der Waals surface area contributed by atoms with Gasteiger partial charge in [-0.05, 0) is 18.9 Å². The Bertz CT molecular complexity index is 551. The fraction of sp³-hybridized carbons (Fsp3) is 0.500. The molecule has 0 amide bonds. The molecule has 0 radical (unpaired) electrons. The van der Waals surface area contributed by atoms with Crippen molar-refractivity contribution in [1.29, 1.82) is 0 Å². The number of hydrogen-bond acceptors (Lipinski definition) is 7. The average molecular weight is 276 g/mol. The molecule has 1 atom stereocenters. The molecule has 20 heavy (non-hydrogen) atoms. The van der Waals surface area contributed by atoms with Crippen LogP contribution in [-0.2, 0) is 0 Å². The molecule has 0 saturated heterocycles. The van der Waals surface area contributed by atoms with Gasteiger partial charge in [0.2, 0.25) is 11.9 Å². The van der Waals surface area contributed by atoms with Crippen LogP contribution >= 0.6 is 0 Å². The van der Waals surface area contributed by atoms with Gasteiger partial charge in [-0.3, -0.25) is 5.43 Å². The van der Waals surface area contributed by atoms with Crippen LogP contribution in [0.2, 0.25) is 0 Å². The third-order valence-electron chi connectivity index (χ3n) is 3.34. The van der Waals surface area contributed by atoms with Crippen molar-refractivity contribution in [3.8, 4) is 5.95 Å². The van der Waals surface area contributed by atoms with E-state index in [4.69, 9.17) is 5.84 Å². The highest BCUT2D eigenvalue weighted by molar-refractivity contribution is 5.39. The van der Waals surface area contributed by atoms with Gasteiger partial charge in [-0.25, -0.2) is 10.5 Å². The summed E-state index contributed by atoms with van der Waals surface area (Å²) in [6, 6.07) is 2.09. The van der Waals surface area contributed by atoms with Crippen LogP contribution in [-0.4, -0.2) is 37.8 Å². The molecule has 2 aromatic heterocycles. The standard InChI is InChI=1S/C12H20N8/c1-8(2)9(3)19(4)11-15-10(18-13)16-12(17-11)20-7-5-6-14-20/h5-9H,13H2,1-4H3,(H,15,16,17,18). The van der Waals surface area contributed by atoms with Crippen LogP contribution < -0.4 is 16.2 Å². The molecule has 2 heterocycles. The largest absolute Gasteiger partial charge is 0.341 e. The third kappa shape index (κ3) is 2.85. The summed E-state index contributed by atoms with van der Waals surface area (Å²) in [7, 11) is 1.95. The minimum absolute atomic E-state index is 0.286. The summed E-state index contributed by atoms with van der Waals surface area (Å²) in [4.78, 5) is 14.9. The van der Waals surface area contributed by atoms with Gasteiger partial charge >= 0.3 is 0 Å². The maximum atomic E-state index is 5.43. The van der Waals surface area contributed by atoms with Gasteiger partial charge in [0.25, 0.3) is 5.95 Å². The monoisotopic (exact) mass is 276 g/mol. The van der Waals surface area contributed by atoms with E-state index in [0.29, 0.717) is 23.8 Å². The van der Waals surface area contributed by atoms with Gasteiger partial charge in [0.1, 0.15) is 0 Å². The number of hydrazine groups is 1. The predicted molar refractivity (Wildman–Crippen MR) is 77.5 cm³/mol. The second-order valence-electron chi connectivity index (χ2n) is 4.95. The number of anilines is 2. The van der Waals surface area contributed by atoms with Gasteiger partial charge < -0.3 is 4.90 Å². The molecule has 2 aromatic rings. The molecule has 0 aliphatic rings. The van der Waals surface area contributed by atoms with Crippen molar-refractivity contribution in [3.63, 3.8) is 0 Å². The Kier molecular flexibility index (Phi) is 4.14. The molecular weight excluding hydrogens is 256 g/mol. The molecule has 0 aliphatic carbocycles. The first-order valence-corrected chi connectivity index (χ1v) is 6.48. The van der Waals surface area contributed by atoms with Crippen LogP contribution in [0.15, 0.2) is 18.5 Å². The van der Waals surface area contributed by atoms with E-state index in [9.17, 15) is 0 Å². The van der Waals surface area contributed by atoms with E-state index < -0.39 is 0 Å². The molecule has 8 nitrogen and oxygen atoms in total. The van der Waals surface area contributed by atoms with Gasteiger partial charge in [-0.15, -0.1) is 0 Å². The Morgan fingerprint density at radius 2 is 2.00 bits per heavy atom. The number of nitrogens with zero attached hydrogens (tertiary/aromatic N) is 6. The zero-order chi connectivity index (χ0) is 14.7. The average Bonchev–Trinajstić information content (AvgIpc) is 2.99. The summed E-state index contributed by atoms with van der Waals surface area (Å²) in [5.41, 5.74) is 2.46. The zero-order valence-electron chi connectivity index (χ0n) is 12.1. The maximum Gasteiger partial charge on any atom is 0.257 e. The minimum Gasteiger partial charge on any atom is -0.341 e. The van der Waals surface area contributed by atoms with E-state index in [0.717, 1.165) is 0 Å². The molecule has 0 aromatic carbocycles. The van der Waals surface area contributed by atoms with E-state index >= 15 is 0 Å². The Balaban J connectivity index is 2.41. The van der Waals surface area contributed by atoms with Crippen molar-refractivity contribution >= 4 is 11.9 Å². The lowest BCUT2D eigenvalue weighted by Gasteiger charge is -2.28. The lowest BCUT2D eigenvalue weighted by atomic mass is 10.1. The molecule has 3 N–H and O–H groups in total. The number of nitrogens with two attached hydrogens (primary N) is 1. The molecular formula is C12H20N8. The Hall–Kier alpha value is -2.22. The van der Waals surface area contributed by atoms with Crippen LogP contribution in [0.25, 0.3) is 5.95 Å². The van der Waals surface area contributed by atoms with Crippen molar-refractivity contribution in [2.24, 2.45) is 11.8 Å². The number of hydrogen-bond donors (Lipinski definition) is 2. The summed E-state index contributed by atoms with van der Waals surface area (Å²) in [6.45, 7) is 6.43. The molecule has 2 rings (SSSR count). The van der Waals surface area contributed by atoms with Crippen LogP contribution in [0.1, 0.15) is 20.8 Å². The first-order valence-electron chi connectivity index (χ1n) is 6.48. The first-order chi connectivity index (χ1) is 9.52. The van der Waals surface area contributed by atoms with Gasteiger partial charge in [0.15, 0.2) is 0 Å². The van der Waals surface area contributed by atoms with E-state index in [1.165, 1.54) is 0 Å². The SMILES string of the molecule is CC(C)C(C)N(C)c1nc(NN)nc(-n2cccn2)n1. The van der Waals surface area contributed by atoms with Crippen molar-refractivity contribution in [3.05, 3.63) is 18.5 Å². The zero-order valence-corrected chi connectivity index (χ0v) is 12.1. The number of rotatable bonds is 5. The van der Waals surface area contributed by atoms with Crippen LogP contribution in [0.3, 0.4) is 0 Å². The summed E-state index contributed by atoms with van der Waals surface area (Å²) in [6.07, 6.45) is 3.44. The lowest BCUT2D eigenvalue weighted by Crippen LogP contribution is -2.35. The first kappa shape index (κ1) is 14.2. The summed E-state index contributed by atoms with van der Waals surface area (Å²) in [5, 5.41) is 4.12. The maximum absolute atomic E-state index is 5.43. The van der Waals surface area contributed by atoms with Crippen LogP contribution in [0.5, 0.6) is 0 Å². The van der Waals surface area contributed by atoms with E-state index in [-0.39, 0.29) is 6.04 Å². The Morgan fingerprint density at radius 1 is 1.25 bits per heavy atom. The number of nitrogens with one attached hydrogen (secondary N) is 1. The highest BCUT2D eigenvalue weighted by Crippen LogP contribution is 2.17. The molecule has 0 aliphatic heterocycles. The fourth-order valence-electron chi connectivity index (χ4n) is 1.70. The molecule has 0 bridgehead atoms. The van der Waals surface area contributed by atoms with Crippen LogP contribution in [0.4, 0.5) is 11.9 Å². The van der Waals surface area contributed by atoms with Crippen molar-refractivity contribution < 1.29 is 0 Å². The molecule has 0 spiro atoms. The highest BCUT2D eigenvalue weighted by Gasteiger charge is 2.18. The van der Waals surface area contributed by atoms with Gasteiger partial charge in [0, 0.05) is 25.5 Å². The molecule has 0 fully saturated rings. The molecule has 8 heteroatoms. The van der Waals surface area contributed by atoms with E-state index in [1.807, 2.05) is 11.9 Å². The minimum atomic E-state index is 0.286. The summed E-state index contributed by atoms with van der Waals surface area (Å²) >= 11 is 0. The van der Waals surface area contributed by atoms with Gasteiger partial charge in [-0.1, -0.05) is 13.8 Å². The van der Waals surface area contributed by atoms with E-state index in [1.54, 1.807) is 23.1 Å². The van der Waals surface area contributed by atoms with E-state index in [2.05, 4.69) is 46.2 Å². The highest BCUT2D eigenvalue weighted by atomic mass is 15.4.